The Labute approximate surface area is 99.0 Å². The van der Waals surface area contributed by atoms with Crippen molar-refractivity contribution in [2.24, 2.45) is 0 Å². The van der Waals surface area contributed by atoms with Gasteiger partial charge in [0.15, 0.2) is 0 Å². The minimum Gasteiger partial charge on any atom is -0.349 e. The molecule has 17 heavy (non-hydrogen) atoms. The van der Waals surface area contributed by atoms with E-state index < -0.39 is 4.92 Å². The van der Waals surface area contributed by atoms with Crippen molar-refractivity contribution in [3.63, 3.8) is 0 Å². The van der Waals surface area contributed by atoms with Gasteiger partial charge >= 0.3 is 0 Å². The van der Waals surface area contributed by atoms with E-state index in [0.717, 1.165) is 25.7 Å². The van der Waals surface area contributed by atoms with Crippen LogP contribution in [0.1, 0.15) is 36.0 Å². The molecule has 0 atom stereocenters. The Morgan fingerprint density at radius 2 is 1.82 bits per heavy atom. The Kier molecular flexibility index (Phi) is 3.37. The van der Waals surface area contributed by atoms with Crippen LogP contribution in [0.15, 0.2) is 24.3 Å². The van der Waals surface area contributed by atoms with E-state index in [2.05, 4.69) is 5.32 Å². The highest BCUT2D eigenvalue weighted by atomic mass is 16.6. The summed E-state index contributed by atoms with van der Waals surface area (Å²) in [5.41, 5.74) is 0.477. The molecule has 0 spiro atoms. The normalized spacial score (nSPS) is 15.8. The lowest BCUT2D eigenvalue weighted by molar-refractivity contribution is -0.384. The highest BCUT2D eigenvalue weighted by molar-refractivity contribution is 5.94. The number of nitro benzene ring substituents is 1. The molecule has 1 aliphatic rings. The van der Waals surface area contributed by atoms with Crippen LogP contribution in [0.4, 0.5) is 5.69 Å². The lowest BCUT2D eigenvalue weighted by Crippen LogP contribution is -2.32. The zero-order chi connectivity index (χ0) is 12.3. The Balaban J connectivity index is 2.01. The maximum atomic E-state index is 11.8. The third-order valence-corrected chi connectivity index (χ3v) is 3.03. The number of non-ortho nitro benzene ring substituents is 1. The minimum atomic E-state index is -0.474. The summed E-state index contributed by atoms with van der Waals surface area (Å²) >= 11 is 0. The number of nitrogens with one attached hydrogen (secondary N) is 1. The fourth-order valence-electron chi connectivity index (χ4n) is 2.07. The number of amides is 1. The molecule has 1 saturated carbocycles. The summed E-state index contributed by atoms with van der Waals surface area (Å²) in [7, 11) is 0. The molecule has 0 radical (unpaired) electrons. The van der Waals surface area contributed by atoms with E-state index >= 15 is 0 Å². The second-order valence-corrected chi connectivity index (χ2v) is 4.26. The van der Waals surface area contributed by atoms with Gasteiger partial charge in [-0.1, -0.05) is 12.8 Å². The summed E-state index contributed by atoms with van der Waals surface area (Å²) in [5, 5.41) is 13.4. The Hall–Kier alpha value is -1.91. The Morgan fingerprint density at radius 3 is 2.35 bits per heavy atom. The van der Waals surface area contributed by atoms with Crippen molar-refractivity contribution in [2.75, 3.05) is 0 Å². The number of carbonyl (C=O) groups is 1. The molecule has 0 aliphatic heterocycles. The zero-order valence-corrected chi connectivity index (χ0v) is 9.39. The topological polar surface area (TPSA) is 72.2 Å². The van der Waals surface area contributed by atoms with E-state index in [1.54, 1.807) is 0 Å². The van der Waals surface area contributed by atoms with Crippen molar-refractivity contribution in [1.29, 1.82) is 0 Å². The predicted molar refractivity (Wildman–Crippen MR) is 62.8 cm³/mol. The third-order valence-electron chi connectivity index (χ3n) is 3.03. The van der Waals surface area contributed by atoms with E-state index in [1.807, 2.05) is 0 Å². The van der Waals surface area contributed by atoms with Gasteiger partial charge in [0.1, 0.15) is 0 Å². The molecule has 0 unspecified atom stereocenters. The summed E-state index contributed by atoms with van der Waals surface area (Å²) in [6.07, 6.45) is 4.37. The quantitative estimate of drug-likeness (QED) is 0.644. The van der Waals surface area contributed by atoms with Crippen molar-refractivity contribution >= 4 is 11.6 Å². The van der Waals surface area contributed by atoms with E-state index in [1.165, 1.54) is 24.3 Å². The van der Waals surface area contributed by atoms with Crippen molar-refractivity contribution in [3.8, 4) is 0 Å². The molecule has 1 amide bonds. The van der Waals surface area contributed by atoms with Gasteiger partial charge in [-0.2, -0.15) is 0 Å². The monoisotopic (exact) mass is 234 g/mol. The maximum absolute atomic E-state index is 11.8. The van der Waals surface area contributed by atoms with Gasteiger partial charge in [0.25, 0.3) is 11.6 Å². The molecule has 0 heterocycles. The van der Waals surface area contributed by atoms with Crippen molar-refractivity contribution in [2.45, 2.75) is 31.7 Å². The predicted octanol–water partition coefficient (Wildman–Crippen LogP) is 2.27. The van der Waals surface area contributed by atoms with E-state index in [4.69, 9.17) is 0 Å². The summed E-state index contributed by atoms with van der Waals surface area (Å²) in [6.45, 7) is 0. The fraction of sp³-hybridized carbons (Fsp3) is 0.417. The lowest BCUT2D eigenvalue weighted by atomic mass is 10.1. The molecule has 1 aliphatic carbocycles. The first kappa shape index (κ1) is 11.6. The van der Waals surface area contributed by atoms with E-state index in [-0.39, 0.29) is 17.6 Å². The summed E-state index contributed by atoms with van der Waals surface area (Å²) < 4.78 is 0. The molecule has 1 fully saturated rings. The van der Waals surface area contributed by atoms with Crippen LogP contribution in [-0.2, 0) is 0 Å². The molecular formula is C12H14N2O3. The second-order valence-electron chi connectivity index (χ2n) is 4.26. The van der Waals surface area contributed by atoms with Crippen LogP contribution in [0, 0.1) is 10.1 Å². The van der Waals surface area contributed by atoms with Crippen LogP contribution in [-0.4, -0.2) is 16.9 Å². The number of benzene rings is 1. The van der Waals surface area contributed by atoms with Gasteiger partial charge in [0, 0.05) is 23.7 Å². The number of carbonyl (C=O) groups excluding carboxylic acids is 1. The zero-order valence-electron chi connectivity index (χ0n) is 9.39. The van der Waals surface area contributed by atoms with Gasteiger partial charge in [-0.15, -0.1) is 0 Å². The first-order chi connectivity index (χ1) is 8.16. The smallest absolute Gasteiger partial charge is 0.269 e. The first-order valence-electron chi connectivity index (χ1n) is 5.72. The van der Waals surface area contributed by atoms with Crippen LogP contribution in [0.5, 0.6) is 0 Å². The number of hydrogen-bond acceptors (Lipinski definition) is 3. The molecular weight excluding hydrogens is 220 g/mol. The number of nitro groups is 1. The first-order valence-corrected chi connectivity index (χ1v) is 5.72. The van der Waals surface area contributed by atoms with Crippen molar-refractivity contribution in [1.82, 2.24) is 5.32 Å². The molecule has 1 aromatic rings. The fourth-order valence-corrected chi connectivity index (χ4v) is 2.07. The van der Waals surface area contributed by atoms with Crippen molar-refractivity contribution < 1.29 is 9.72 Å². The van der Waals surface area contributed by atoms with Crippen LogP contribution in [0.25, 0.3) is 0 Å². The van der Waals surface area contributed by atoms with Gasteiger partial charge in [-0.05, 0) is 25.0 Å². The Morgan fingerprint density at radius 1 is 1.24 bits per heavy atom. The van der Waals surface area contributed by atoms with Crippen LogP contribution in [0.3, 0.4) is 0 Å². The van der Waals surface area contributed by atoms with E-state index in [9.17, 15) is 14.9 Å². The lowest BCUT2D eigenvalue weighted by Gasteiger charge is -2.11. The van der Waals surface area contributed by atoms with Crippen LogP contribution < -0.4 is 5.32 Å². The average molecular weight is 234 g/mol. The summed E-state index contributed by atoms with van der Waals surface area (Å²) in [6, 6.07) is 5.94. The van der Waals surface area contributed by atoms with Crippen LogP contribution in [0.2, 0.25) is 0 Å². The molecule has 2 rings (SSSR count). The average Bonchev–Trinajstić information content (AvgIpc) is 2.82. The molecule has 0 saturated heterocycles. The maximum Gasteiger partial charge on any atom is 0.269 e. The van der Waals surface area contributed by atoms with Crippen LogP contribution >= 0.6 is 0 Å². The molecule has 1 aromatic carbocycles. The van der Waals surface area contributed by atoms with Gasteiger partial charge in [-0.25, -0.2) is 0 Å². The summed E-state index contributed by atoms with van der Waals surface area (Å²) in [4.78, 5) is 21.8. The summed E-state index contributed by atoms with van der Waals surface area (Å²) in [5.74, 6) is -0.146. The molecule has 0 aromatic heterocycles. The standard InChI is InChI=1S/C12H14N2O3/c15-12(13-10-3-1-2-4-10)9-5-7-11(8-6-9)14(16)17/h5-8,10H,1-4H2,(H,13,15). The number of hydrogen-bond donors (Lipinski definition) is 1. The van der Waals surface area contributed by atoms with Gasteiger partial charge in [0.2, 0.25) is 0 Å². The molecule has 0 bridgehead atoms. The minimum absolute atomic E-state index is 0.00224. The molecule has 5 nitrogen and oxygen atoms in total. The van der Waals surface area contributed by atoms with Gasteiger partial charge in [0.05, 0.1) is 4.92 Å². The molecule has 90 valence electrons. The highest BCUT2D eigenvalue weighted by Gasteiger charge is 2.18. The number of nitrogens with zero attached hydrogens (tertiary/aromatic N) is 1. The molecule has 1 N–H and O–H groups in total. The number of rotatable bonds is 3. The second kappa shape index (κ2) is 4.95. The van der Waals surface area contributed by atoms with Crippen molar-refractivity contribution in [3.05, 3.63) is 39.9 Å². The van der Waals surface area contributed by atoms with Gasteiger partial charge in [-0.3, -0.25) is 14.9 Å². The van der Waals surface area contributed by atoms with E-state index in [0.29, 0.717) is 5.56 Å². The highest BCUT2D eigenvalue weighted by Crippen LogP contribution is 2.18. The SMILES string of the molecule is O=C(NC1CCCC1)c1ccc([N+](=O)[O-])cc1. The largest absolute Gasteiger partial charge is 0.349 e. The Bertz CT molecular complexity index is 422. The third kappa shape index (κ3) is 2.81. The molecule has 5 heteroatoms. The van der Waals surface area contributed by atoms with Gasteiger partial charge < -0.3 is 5.32 Å².